The molecular formula is C9H13IO2. The van der Waals surface area contributed by atoms with Gasteiger partial charge in [-0.3, -0.25) is 0 Å². The van der Waals surface area contributed by atoms with E-state index in [1.807, 2.05) is 6.92 Å². The minimum Gasteiger partial charge on any atom is -0.351 e. The van der Waals surface area contributed by atoms with Gasteiger partial charge < -0.3 is 9.47 Å². The van der Waals surface area contributed by atoms with Gasteiger partial charge in [-0.25, -0.2) is 0 Å². The van der Waals surface area contributed by atoms with Gasteiger partial charge in [0.2, 0.25) is 0 Å². The third kappa shape index (κ3) is 2.92. The molecule has 1 rings (SSSR count). The second-order valence-corrected chi connectivity index (χ2v) is 4.44. The molecule has 1 saturated heterocycles. The summed E-state index contributed by atoms with van der Waals surface area (Å²) in [7, 11) is 0. The minimum atomic E-state index is -0.148. The van der Waals surface area contributed by atoms with Crippen LogP contribution in [0.4, 0.5) is 0 Å². The number of ether oxygens (including phenoxy) is 2. The van der Waals surface area contributed by atoms with E-state index >= 15 is 0 Å². The fourth-order valence-electron chi connectivity index (χ4n) is 1.08. The molecule has 0 bridgehead atoms. The number of alkyl halides is 1. The first-order chi connectivity index (χ1) is 5.74. The Balaban J connectivity index is 2.35. The first-order valence-electron chi connectivity index (χ1n) is 4.11. The van der Waals surface area contributed by atoms with Crippen LogP contribution < -0.4 is 0 Å². The van der Waals surface area contributed by atoms with E-state index in [1.165, 1.54) is 0 Å². The molecule has 0 N–H and O–H groups in total. The van der Waals surface area contributed by atoms with Crippen molar-refractivity contribution in [1.82, 2.24) is 0 Å². The molecule has 1 heterocycles. The van der Waals surface area contributed by atoms with E-state index in [0.29, 0.717) is 3.92 Å². The van der Waals surface area contributed by atoms with Crippen LogP contribution in [0.3, 0.4) is 0 Å². The maximum Gasteiger partial charge on any atom is 0.170 e. The molecule has 3 atom stereocenters. The van der Waals surface area contributed by atoms with E-state index in [4.69, 9.17) is 15.9 Å². The number of hydrogen-bond donors (Lipinski definition) is 0. The summed E-state index contributed by atoms with van der Waals surface area (Å²) in [6.07, 6.45) is 7.23. The summed E-state index contributed by atoms with van der Waals surface area (Å²) < 4.78 is 11.4. The zero-order valence-electron chi connectivity index (χ0n) is 7.13. The summed E-state index contributed by atoms with van der Waals surface area (Å²) >= 11 is 2.35. The quantitative estimate of drug-likeness (QED) is 0.437. The van der Waals surface area contributed by atoms with E-state index in [1.54, 1.807) is 0 Å². The molecule has 0 aromatic rings. The smallest absolute Gasteiger partial charge is 0.170 e. The molecule has 1 fully saturated rings. The van der Waals surface area contributed by atoms with Gasteiger partial charge in [-0.1, -0.05) is 28.5 Å². The van der Waals surface area contributed by atoms with Gasteiger partial charge in [0.1, 0.15) is 6.10 Å². The maximum absolute atomic E-state index is 5.49. The molecule has 12 heavy (non-hydrogen) atoms. The van der Waals surface area contributed by atoms with Crippen molar-refractivity contribution >= 4 is 22.6 Å². The second-order valence-electron chi connectivity index (χ2n) is 2.84. The fraction of sp³-hybridized carbons (Fsp3) is 0.778. The van der Waals surface area contributed by atoms with Crippen molar-refractivity contribution < 1.29 is 9.47 Å². The molecule has 68 valence electrons. The summed E-state index contributed by atoms with van der Waals surface area (Å²) in [6.45, 7) is 2.66. The molecule has 0 aliphatic carbocycles. The van der Waals surface area contributed by atoms with Crippen molar-refractivity contribution in [1.29, 1.82) is 0 Å². The predicted molar refractivity (Wildman–Crippen MR) is 56.2 cm³/mol. The number of hydrogen-bond acceptors (Lipinski definition) is 2. The standard InChI is InChI=1S/C9H13IO2/c1-3-7(2)12-9-8(10)5-4-6-11-9/h1,7-9H,4-6H2,2H3/t7-,8-,9+/m0/s1. The zero-order chi connectivity index (χ0) is 8.97. The maximum atomic E-state index is 5.49. The summed E-state index contributed by atoms with van der Waals surface area (Å²) in [5.41, 5.74) is 0. The molecule has 0 aromatic carbocycles. The topological polar surface area (TPSA) is 18.5 Å². The number of halogens is 1. The lowest BCUT2D eigenvalue weighted by molar-refractivity contribution is -0.166. The second kappa shape index (κ2) is 5.05. The van der Waals surface area contributed by atoms with Crippen molar-refractivity contribution in [3.8, 4) is 12.3 Å². The fourth-order valence-corrected chi connectivity index (χ4v) is 1.90. The van der Waals surface area contributed by atoms with Crippen LogP contribution in [-0.2, 0) is 9.47 Å². The monoisotopic (exact) mass is 280 g/mol. The largest absolute Gasteiger partial charge is 0.351 e. The normalized spacial score (nSPS) is 32.4. The summed E-state index contributed by atoms with van der Waals surface area (Å²) in [5, 5.41) is 0. The highest BCUT2D eigenvalue weighted by Crippen LogP contribution is 2.23. The van der Waals surface area contributed by atoms with Crippen LogP contribution >= 0.6 is 22.6 Å². The highest BCUT2D eigenvalue weighted by Gasteiger charge is 2.25. The van der Waals surface area contributed by atoms with Crippen LogP contribution in [0.1, 0.15) is 19.8 Å². The van der Waals surface area contributed by atoms with Crippen molar-refractivity contribution in [3.63, 3.8) is 0 Å². The van der Waals surface area contributed by atoms with Crippen LogP contribution in [0.2, 0.25) is 0 Å². The lowest BCUT2D eigenvalue weighted by atomic mass is 10.2. The van der Waals surface area contributed by atoms with E-state index in [0.717, 1.165) is 19.4 Å². The SMILES string of the molecule is C#C[C@H](C)O[C@H]1OCCC[C@@H]1I. The average Bonchev–Trinajstić information content (AvgIpc) is 2.09. The van der Waals surface area contributed by atoms with Crippen LogP contribution in [-0.4, -0.2) is 22.9 Å². The number of terminal acetylenes is 1. The van der Waals surface area contributed by atoms with Crippen LogP contribution in [0.15, 0.2) is 0 Å². The molecule has 0 amide bonds. The Hall–Kier alpha value is 0.210. The van der Waals surface area contributed by atoms with E-state index < -0.39 is 0 Å². The predicted octanol–water partition coefficient (Wildman–Crippen LogP) is 1.96. The third-order valence-corrected chi connectivity index (χ3v) is 2.98. The van der Waals surface area contributed by atoms with Crippen molar-refractivity contribution in [2.24, 2.45) is 0 Å². The molecule has 1 aliphatic heterocycles. The molecule has 2 nitrogen and oxygen atoms in total. The van der Waals surface area contributed by atoms with Gasteiger partial charge in [0.15, 0.2) is 6.29 Å². The Labute approximate surface area is 87.1 Å². The molecule has 0 unspecified atom stereocenters. The summed E-state index contributed by atoms with van der Waals surface area (Å²) in [5.74, 6) is 2.53. The van der Waals surface area contributed by atoms with E-state index in [-0.39, 0.29) is 12.4 Å². The Morgan fingerprint density at radius 2 is 2.50 bits per heavy atom. The molecule has 0 radical (unpaired) electrons. The van der Waals surface area contributed by atoms with Gasteiger partial charge in [0.05, 0.1) is 3.92 Å². The average molecular weight is 280 g/mol. The molecular weight excluding hydrogens is 267 g/mol. The Morgan fingerprint density at radius 3 is 3.08 bits per heavy atom. The van der Waals surface area contributed by atoms with Gasteiger partial charge in [-0.15, -0.1) is 6.42 Å². The first-order valence-corrected chi connectivity index (χ1v) is 5.36. The van der Waals surface area contributed by atoms with Crippen LogP contribution in [0, 0.1) is 12.3 Å². The first kappa shape index (κ1) is 10.3. The molecule has 0 aromatic heterocycles. The highest BCUT2D eigenvalue weighted by molar-refractivity contribution is 14.1. The minimum absolute atomic E-state index is 0.106. The summed E-state index contributed by atoms with van der Waals surface area (Å²) in [6, 6.07) is 0. The van der Waals surface area contributed by atoms with Gasteiger partial charge in [-0.05, 0) is 19.8 Å². The van der Waals surface area contributed by atoms with Gasteiger partial charge in [0, 0.05) is 6.61 Å². The van der Waals surface area contributed by atoms with Crippen molar-refractivity contribution in [2.75, 3.05) is 6.61 Å². The summed E-state index contributed by atoms with van der Waals surface area (Å²) in [4.78, 5) is 0. The Bertz CT molecular complexity index is 176. The van der Waals surface area contributed by atoms with Gasteiger partial charge in [-0.2, -0.15) is 0 Å². The number of rotatable bonds is 2. The van der Waals surface area contributed by atoms with Gasteiger partial charge in [0.25, 0.3) is 0 Å². The zero-order valence-corrected chi connectivity index (χ0v) is 9.28. The molecule has 1 aliphatic rings. The van der Waals surface area contributed by atoms with Crippen molar-refractivity contribution in [2.45, 2.75) is 36.1 Å². The van der Waals surface area contributed by atoms with Gasteiger partial charge >= 0.3 is 0 Å². The highest BCUT2D eigenvalue weighted by atomic mass is 127. The van der Waals surface area contributed by atoms with Crippen LogP contribution in [0.5, 0.6) is 0 Å². The van der Waals surface area contributed by atoms with E-state index in [9.17, 15) is 0 Å². The Kier molecular flexibility index (Phi) is 4.33. The molecule has 3 heteroatoms. The van der Waals surface area contributed by atoms with Crippen LogP contribution in [0.25, 0.3) is 0 Å². The molecule has 0 spiro atoms. The van der Waals surface area contributed by atoms with Crippen molar-refractivity contribution in [3.05, 3.63) is 0 Å². The third-order valence-electron chi connectivity index (χ3n) is 1.77. The molecule has 0 saturated carbocycles. The van der Waals surface area contributed by atoms with E-state index in [2.05, 4.69) is 28.5 Å². The Morgan fingerprint density at radius 1 is 1.75 bits per heavy atom. The lowest BCUT2D eigenvalue weighted by Crippen LogP contribution is -2.34. The lowest BCUT2D eigenvalue weighted by Gasteiger charge is -2.28.